The molecule has 0 unspecified atom stereocenters. The summed E-state index contributed by atoms with van der Waals surface area (Å²) in [6, 6.07) is 10.5. The van der Waals surface area contributed by atoms with E-state index >= 15 is 0 Å². The monoisotopic (exact) mass is 328 g/mol. The first-order chi connectivity index (χ1) is 9.65. The van der Waals surface area contributed by atoms with Gasteiger partial charge in [0.15, 0.2) is 6.61 Å². The average Bonchev–Trinajstić information content (AvgIpc) is 2.83. The lowest BCUT2D eigenvalue weighted by atomic mass is 10.3. The molecule has 20 heavy (non-hydrogen) atoms. The van der Waals surface area contributed by atoms with Gasteiger partial charge in [-0.25, -0.2) is 5.43 Å². The second-order valence-corrected chi connectivity index (χ2v) is 5.81. The third-order valence-electron chi connectivity index (χ3n) is 2.17. The van der Waals surface area contributed by atoms with E-state index in [1.54, 1.807) is 30.3 Å². The van der Waals surface area contributed by atoms with Gasteiger partial charge in [-0.15, -0.1) is 11.3 Å². The van der Waals surface area contributed by atoms with E-state index in [0.29, 0.717) is 15.1 Å². The van der Waals surface area contributed by atoms with Crippen molar-refractivity contribution in [2.45, 2.75) is 0 Å². The number of carbonyl (C=O) groups is 1. The van der Waals surface area contributed by atoms with Gasteiger partial charge in [0.2, 0.25) is 0 Å². The first kappa shape index (κ1) is 14.8. The molecule has 4 nitrogen and oxygen atoms in total. The van der Waals surface area contributed by atoms with Crippen molar-refractivity contribution >= 4 is 46.7 Å². The predicted octanol–water partition coefficient (Wildman–Crippen LogP) is 3.58. The van der Waals surface area contributed by atoms with Gasteiger partial charge in [-0.1, -0.05) is 35.3 Å². The molecule has 2 rings (SSSR count). The molecule has 0 aliphatic heterocycles. The van der Waals surface area contributed by atoms with Crippen molar-refractivity contribution in [2.75, 3.05) is 6.61 Å². The Labute approximate surface area is 130 Å². The van der Waals surface area contributed by atoms with Gasteiger partial charge in [-0.05, 0) is 24.3 Å². The van der Waals surface area contributed by atoms with E-state index in [9.17, 15) is 4.79 Å². The number of para-hydroxylation sites is 1. The summed E-state index contributed by atoms with van der Waals surface area (Å²) in [5.41, 5.74) is 2.36. The average molecular weight is 329 g/mol. The topological polar surface area (TPSA) is 50.7 Å². The summed E-state index contributed by atoms with van der Waals surface area (Å²) in [5.74, 6) is 0.0853. The van der Waals surface area contributed by atoms with Crippen molar-refractivity contribution in [3.8, 4) is 5.75 Å². The SMILES string of the molecule is O=C(COc1ccccc1Cl)N/N=C/c1ccc(Cl)s1. The van der Waals surface area contributed by atoms with Crippen LogP contribution in [0.5, 0.6) is 5.75 Å². The molecule has 1 N–H and O–H groups in total. The highest BCUT2D eigenvalue weighted by atomic mass is 35.5. The Morgan fingerprint density at radius 2 is 2.10 bits per heavy atom. The minimum atomic E-state index is -0.371. The van der Waals surface area contributed by atoms with Gasteiger partial charge in [-0.3, -0.25) is 4.79 Å². The fraction of sp³-hybridized carbons (Fsp3) is 0.0769. The molecule has 0 spiro atoms. The van der Waals surface area contributed by atoms with Crippen LogP contribution in [0.2, 0.25) is 9.36 Å². The molecule has 0 aliphatic rings. The van der Waals surface area contributed by atoms with Crippen LogP contribution in [0.15, 0.2) is 41.5 Å². The maximum atomic E-state index is 11.5. The van der Waals surface area contributed by atoms with Crippen molar-refractivity contribution in [1.29, 1.82) is 0 Å². The van der Waals surface area contributed by atoms with Crippen LogP contribution in [-0.4, -0.2) is 18.7 Å². The Hall–Kier alpha value is -1.56. The normalized spacial score (nSPS) is 10.7. The maximum Gasteiger partial charge on any atom is 0.277 e. The van der Waals surface area contributed by atoms with E-state index in [1.165, 1.54) is 17.6 Å². The zero-order chi connectivity index (χ0) is 14.4. The predicted molar refractivity (Wildman–Crippen MR) is 82.0 cm³/mol. The van der Waals surface area contributed by atoms with Crippen molar-refractivity contribution < 1.29 is 9.53 Å². The molecular weight excluding hydrogens is 319 g/mol. The van der Waals surface area contributed by atoms with Gasteiger partial charge in [-0.2, -0.15) is 5.10 Å². The van der Waals surface area contributed by atoms with Crippen LogP contribution in [-0.2, 0) is 4.79 Å². The lowest BCUT2D eigenvalue weighted by molar-refractivity contribution is -0.123. The molecule has 1 heterocycles. The summed E-state index contributed by atoms with van der Waals surface area (Å²) in [4.78, 5) is 12.4. The van der Waals surface area contributed by atoms with Gasteiger partial charge < -0.3 is 4.74 Å². The molecule has 0 aliphatic carbocycles. The fourth-order valence-corrected chi connectivity index (χ4v) is 2.43. The number of amides is 1. The van der Waals surface area contributed by atoms with E-state index in [1.807, 2.05) is 6.07 Å². The smallest absolute Gasteiger partial charge is 0.277 e. The molecule has 0 radical (unpaired) electrons. The number of rotatable bonds is 5. The van der Waals surface area contributed by atoms with Crippen LogP contribution in [0.4, 0.5) is 0 Å². The van der Waals surface area contributed by atoms with Gasteiger partial charge in [0, 0.05) is 4.88 Å². The van der Waals surface area contributed by atoms with Gasteiger partial charge in [0.1, 0.15) is 5.75 Å². The zero-order valence-corrected chi connectivity index (χ0v) is 12.5. The summed E-state index contributed by atoms with van der Waals surface area (Å²) in [6.45, 7) is -0.160. The molecule has 0 fully saturated rings. The number of halogens is 2. The highest BCUT2D eigenvalue weighted by molar-refractivity contribution is 7.17. The largest absolute Gasteiger partial charge is 0.482 e. The van der Waals surface area contributed by atoms with E-state index in [-0.39, 0.29) is 12.5 Å². The van der Waals surface area contributed by atoms with Crippen molar-refractivity contribution in [3.63, 3.8) is 0 Å². The van der Waals surface area contributed by atoms with Crippen LogP contribution in [0.1, 0.15) is 4.88 Å². The first-order valence-electron chi connectivity index (χ1n) is 5.60. The highest BCUT2D eigenvalue weighted by Gasteiger charge is 2.04. The number of nitrogens with zero attached hydrogens (tertiary/aromatic N) is 1. The number of hydrogen-bond acceptors (Lipinski definition) is 4. The lowest BCUT2D eigenvalue weighted by Crippen LogP contribution is -2.24. The summed E-state index contributed by atoms with van der Waals surface area (Å²) >= 11 is 13.0. The molecule has 0 saturated heterocycles. The molecular formula is C13H10Cl2N2O2S. The molecule has 0 atom stereocenters. The molecule has 0 saturated carbocycles. The van der Waals surface area contributed by atoms with E-state index < -0.39 is 0 Å². The van der Waals surface area contributed by atoms with E-state index in [4.69, 9.17) is 27.9 Å². The Balaban J connectivity index is 1.78. The summed E-state index contributed by atoms with van der Waals surface area (Å²) in [7, 11) is 0. The second kappa shape index (κ2) is 7.28. The Morgan fingerprint density at radius 3 is 2.80 bits per heavy atom. The molecule has 0 bridgehead atoms. The van der Waals surface area contributed by atoms with Gasteiger partial charge in [0.25, 0.3) is 5.91 Å². The number of thiophene rings is 1. The maximum absolute atomic E-state index is 11.5. The fourth-order valence-electron chi connectivity index (χ4n) is 1.30. The Morgan fingerprint density at radius 1 is 1.30 bits per heavy atom. The molecule has 2 aromatic rings. The van der Waals surface area contributed by atoms with Crippen LogP contribution in [0.3, 0.4) is 0 Å². The number of benzene rings is 1. The molecule has 7 heteroatoms. The summed E-state index contributed by atoms with van der Waals surface area (Å²) in [5, 5.41) is 4.26. The third-order valence-corrected chi connectivity index (χ3v) is 3.65. The van der Waals surface area contributed by atoms with Crippen LogP contribution >= 0.6 is 34.5 Å². The van der Waals surface area contributed by atoms with Gasteiger partial charge >= 0.3 is 0 Å². The van der Waals surface area contributed by atoms with Crippen LogP contribution < -0.4 is 10.2 Å². The first-order valence-corrected chi connectivity index (χ1v) is 7.17. The van der Waals surface area contributed by atoms with Crippen LogP contribution in [0, 0.1) is 0 Å². The minimum Gasteiger partial charge on any atom is -0.482 e. The molecule has 1 aromatic carbocycles. The lowest BCUT2D eigenvalue weighted by Gasteiger charge is -2.06. The highest BCUT2D eigenvalue weighted by Crippen LogP contribution is 2.22. The zero-order valence-electron chi connectivity index (χ0n) is 10.2. The minimum absolute atomic E-state index is 0.160. The van der Waals surface area contributed by atoms with Crippen molar-refractivity contribution in [3.05, 3.63) is 50.6 Å². The number of carbonyl (C=O) groups excluding carboxylic acids is 1. The van der Waals surface area contributed by atoms with Crippen LogP contribution in [0.25, 0.3) is 0 Å². The summed E-state index contributed by atoms with van der Waals surface area (Å²) in [6.07, 6.45) is 1.52. The molecule has 1 amide bonds. The van der Waals surface area contributed by atoms with E-state index in [0.717, 1.165) is 4.88 Å². The molecule has 1 aromatic heterocycles. The number of ether oxygens (including phenoxy) is 1. The van der Waals surface area contributed by atoms with Crippen molar-refractivity contribution in [2.24, 2.45) is 5.10 Å². The Kier molecular flexibility index (Phi) is 5.40. The van der Waals surface area contributed by atoms with E-state index in [2.05, 4.69) is 10.5 Å². The number of hydrazone groups is 1. The number of nitrogens with one attached hydrogen (secondary N) is 1. The quantitative estimate of drug-likeness (QED) is 0.673. The Bertz CT molecular complexity index is 628. The standard InChI is InChI=1S/C13H10Cl2N2O2S/c14-10-3-1-2-4-11(10)19-8-13(18)17-16-7-9-5-6-12(15)20-9/h1-7H,8H2,(H,17,18)/b16-7+. The van der Waals surface area contributed by atoms with Gasteiger partial charge in [0.05, 0.1) is 15.6 Å². The third kappa shape index (κ3) is 4.52. The van der Waals surface area contributed by atoms with Crippen molar-refractivity contribution in [1.82, 2.24) is 5.43 Å². The number of hydrogen-bond donors (Lipinski definition) is 1. The second-order valence-electron chi connectivity index (χ2n) is 3.65. The molecule has 104 valence electrons. The summed E-state index contributed by atoms with van der Waals surface area (Å²) < 4.78 is 5.94.